The van der Waals surface area contributed by atoms with Gasteiger partial charge in [0, 0.05) is 26.2 Å². The Kier molecular flexibility index (Phi) is 7.67. The second-order valence-electron chi connectivity index (χ2n) is 5.99. The second-order valence-corrected chi connectivity index (χ2v) is 7.76. The van der Waals surface area contributed by atoms with E-state index in [0.29, 0.717) is 19.0 Å². The lowest BCUT2D eigenvalue weighted by atomic mass is 10.2. The number of sulfonamides is 1. The molecule has 3 N–H and O–H groups in total. The molecule has 1 aromatic carbocycles. The normalized spacial score (nSPS) is 18.3. The Balaban J connectivity index is 1.78. The zero-order valence-corrected chi connectivity index (χ0v) is 15.7. The smallest absolute Gasteiger partial charge is 0.240 e. The Hall–Kier alpha value is -1.64. The first-order valence-corrected chi connectivity index (χ1v) is 10.2. The van der Waals surface area contributed by atoms with Crippen molar-refractivity contribution >= 4 is 16.0 Å². The van der Waals surface area contributed by atoms with Crippen molar-refractivity contribution in [3.8, 4) is 0 Å². The number of hydrogen-bond acceptors (Lipinski definition) is 4. The lowest BCUT2D eigenvalue weighted by molar-refractivity contribution is 0.117. The molecule has 1 unspecified atom stereocenters. The highest BCUT2D eigenvalue weighted by atomic mass is 32.2. The van der Waals surface area contributed by atoms with E-state index in [1.807, 2.05) is 13.8 Å². The highest BCUT2D eigenvalue weighted by molar-refractivity contribution is 7.89. The van der Waals surface area contributed by atoms with E-state index >= 15 is 0 Å². The maximum atomic E-state index is 12.2. The molecule has 0 amide bonds. The van der Waals surface area contributed by atoms with Crippen molar-refractivity contribution < 1.29 is 13.2 Å². The van der Waals surface area contributed by atoms with E-state index in [4.69, 9.17) is 4.74 Å². The molecule has 1 aliphatic rings. The summed E-state index contributed by atoms with van der Waals surface area (Å²) in [5, 5.41) is 6.28. The largest absolute Gasteiger partial charge is 0.376 e. The molecular weight excluding hydrogens is 340 g/mol. The first-order valence-electron chi connectivity index (χ1n) is 8.71. The molecule has 8 heteroatoms. The minimum absolute atomic E-state index is 0.190. The fourth-order valence-corrected chi connectivity index (χ4v) is 3.52. The molecule has 1 fully saturated rings. The number of nitrogens with one attached hydrogen (secondary N) is 3. The Morgan fingerprint density at radius 1 is 1.24 bits per heavy atom. The van der Waals surface area contributed by atoms with Crippen LogP contribution in [0.15, 0.2) is 34.2 Å². The van der Waals surface area contributed by atoms with Crippen molar-refractivity contribution in [1.29, 1.82) is 0 Å². The highest BCUT2D eigenvalue weighted by Crippen LogP contribution is 2.11. The molecule has 0 bridgehead atoms. The first-order chi connectivity index (χ1) is 12.0. The monoisotopic (exact) mass is 368 g/mol. The van der Waals surface area contributed by atoms with Gasteiger partial charge in [-0.1, -0.05) is 17.7 Å². The summed E-state index contributed by atoms with van der Waals surface area (Å²) in [6.45, 7) is 6.81. The van der Waals surface area contributed by atoms with E-state index in [1.165, 1.54) is 0 Å². The van der Waals surface area contributed by atoms with Crippen LogP contribution in [-0.2, 0) is 14.8 Å². The number of ether oxygens (including phenoxy) is 1. The van der Waals surface area contributed by atoms with Crippen molar-refractivity contribution in [3.05, 3.63) is 29.8 Å². The molecule has 0 radical (unpaired) electrons. The van der Waals surface area contributed by atoms with Gasteiger partial charge in [0.2, 0.25) is 10.0 Å². The maximum absolute atomic E-state index is 12.2. The number of aliphatic imine (C=N–C) groups is 1. The van der Waals surface area contributed by atoms with Crippen LogP contribution in [0.5, 0.6) is 0 Å². The molecule has 1 heterocycles. The summed E-state index contributed by atoms with van der Waals surface area (Å²) in [5.74, 6) is 0.674. The van der Waals surface area contributed by atoms with Crippen LogP contribution in [0, 0.1) is 6.92 Å². The third kappa shape index (κ3) is 6.64. The summed E-state index contributed by atoms with van der Waals surface area (Å²) in [6.07, 6.45) is 2.32. The van der Waals surface area contributed by atoms with E-state index in [2.05, 4.69) is 20.3 Å². The van der Waals surface area contributed by atoms with Crippen LogP contribution in [0.1, 0.15) is 25.3 Å². The zero-order chi connectivity index (χ0) is 18.1. The molecule has 7 nitrogen and oxygen atoms in total. The Labute approximate surface area is 150 Å². The van der Waals surface area contributed by atoms with E-state index in [-0.39, 0.29) is 17.5 Å². The van der Waals surface area contributed by atoms with Gasteiger partial charge in [-0.2, -0.15) is 0 Å². The zero-order valence-electron chi connectivity index (χ0n) is 14.9. The summed E-state index contributed by atoms with van der Waals surface area (Å²) < 4.78 is 32.6. The van der Waals surface area contributed by atoms with Gasteiger partial charge in [-0.05, 0) is 38.8 Å². The highest BCUT2D eigenvalue weighted by Gasteiger charge is 2.15. The minimum Gasteiger partial charge on any atom is -0.376 e. The Bertz CT molecular complexity index is 653. The average Bonchev–Trinajstić information content (AvgIpc) is 3.10. The van der Waals surface area contributed by atoms with Gasteiger partial charge in [0.25, 0.3) is 0 Å². The van der Waals surface area contributed by atoms with Crippen LogP contribution in [-0.4, -0.2) is 53.3 Å². The van der Waals surface area contributed by atoms with E-state index in [1.54, 1.807) is 24.3 Å². The van der Waals surface area contributed by atoms with E-state index < -0.39 is 10.0 Å². The van der Waals surface area contributed by atoms with Gasteiger partial charge in [-0.25, -0.2) is 13.1 Å². The van der Waals surface area contributed by atoms with Gasteiger partial charge in [-0.15, -0.1) is 0 Å². The molecule has 1 saturated heterocycles. The van der Waals surface area contributed by atoms with E-state index in [0.717, 1.165) is 31.6 Å². The lowest BCUT2D eigenvalue weighted by Crippen LogP contribution is -2.41. The number of nitrogens with zero attached hydrogens (tertiary/aromatic N) is 1. The van der Waals surface area contributed by atoms with Crippen LogP contribution in [0.2, 0.25) is 0 Å². The van der Waals surface area contributed by atoms with Crippen molar-refractivity contribution in [2.75, 3.05) is 32.8 Å². The fraction of sp³-hybridized carbons (Fsp3) is 0.588. The molecule has 1 aromatic rings. The SMILES string of the molecule is CCNC(=NCC1CCCO1)NCCNS(=O)(=O)c1ccc(C)cc1. The lowest BCUT2D eigenvalue weighted by Gasteiger charge is -2.13. The number of benzene rings is 1. The molecule has 0 aromatic heterocycles. The number of guanidine groups is 1. The summed E-state index contributed by atoms with van der Waals surface area (Å²) in [7, 11) is -3.48. The van der Waals surface area contributed by atoms with Crippen LogP contribution >= 0.6 is 0 Å². The molecule has 2 rings (SSSR count). The summed E-state index contributed by atoms with van der Waals surface area (Å²) in [5.41, 5.74) is 1.03. The number of aryl methyl sites for hydroxylation is 1. The summed E-state index contributed by atoms with van der Waals surface area (Å²) >= 11 is 0. The molecule has 0 saturated carbocycles. The topological polar surface area (TPSA) is 91.8 Å². The summed E-state index contributed by atoms with van der Waals surface area (Å²) in [4.78, 5) is 4.76. The van der Waals surface area contributed by atoms with Gasteiger partial charge in [0.15, 0.2) is 5.96 Å². The van der Waals surface area contributed by atoms with Gasteiger partial charge in [-0.3, -0.25) is 4.99 Å². The predicted octanol–water partition coefficient (Wildman–Crippen LogP) is 1.01. The van der Waals surface area contributed by atoms with Crippen LogP contribution in [0.4, 0.5) is 0 Å². The third-order valence-electron chi connectivity index (χ3n) is 3.86. The second kappa shape index (κ2) is 9.74. The van der Waals surface area contributed by atoms with Crippen molar-refractivity contribution in [2.24, 2.45) is 4.99 Å². The molecule has 25 heavy (non-hydrogen) atoms. The molecule has 1 atom stereocenters. The Morgan fingerprint density at radius 3 is 2.64 bits per heavy atom. The predicted molar refractivity (Wildman–Crippen MR) is 99.3 cm³/mol. The number of rotatable bonds is 8. The quantitative estimate of drug-likeness (QED) is 0.362. The fourth-order valence-electron chi connectivity index (χ4n) is 2.49. The molecule has 0 spiro atoms. The molecule has 1 aliphatic heterocycles. The van der Waals surface area contributed by atoms with Crippen LogP contribution < -0.4 is 15.4 Å². The molecular formula is C17H28N4O3S. The third-order valence-corrected chi connectivity index (χ3v) is 5.34. The van der Waals surface area contributed by atoms with Gasteiger partial charge < -0.3 is 15.4 Å². The van der Waals surface area contributed by atoms with Crippen LogP contribution in [0.25, 0.3) is 0 Å². The Morgan fingerprint density at radius 2 is 2.00 bits per heavy atom. The molecule has 140 valence electrons. The maximum Gasteiger partial charge on any atom is 0.240 e. The molecule has 0 aliphatic carbocycles. The standard InChI is InChI=1S/C17H28N4O3S/c1-3-18-17(20-13-15-5-4-12-24-15)19-10-11-21-25(22,23)16-8-6-14(2)7-9-16/h6-9,15,21H,3-5,10-13H2,1-2H3,(H2,18,19,20). The van der Waals surface area contributed by atoms with Crippen molar-refractivity contribution in [1.82, 2.24) is 15.4 Å². The first kappa shape index (κ1) is 19.7. The summed E-state index contributed by atoms with van der Waals surface area (Å²) in [6, 6.07) is 6.79. The van der Waals surface area contributed by atoms with Crippen molar-refractivity contribution in [2.45, 2.75) is 37.7 Å². The van der Waals surface area contributed by atoms with Gasteiger partial charge in [0.05, 0.1) is 17.5 Å². The van der Waals surface area contributed by atoms with Gasteiger partial charge in [0.1, 0.15) is 0 Å². The van der Waals surface area contributed by atoms with E-state index in [9.17, 15) is 8.42 Å². The number of hydrogen-bond donors (Lipinski definition) is 3. The van der Waals surface area contributed by atoms with Gasteiger partial charge >= 0.3 is 0 Å². The van der Waals surface area contributed by atoms with Crippen LogP contribution in [0.3, 0.4) is 0 Å². The van der Waals surface area contributed by atoms with Crippen molar-refractivity contribution in [3.63, 3.8) is 0 Å². The minimum atomic E-state index is -3.48. The average molecular weight is 369 g/mol.